The Morgan fingerprint density at radius 1 is 1.57 bits per heavy atom. The van der Waals surface area contributed by atoms with Gasteiger partial charge in [-0.1, -0.05) is 13.3 Å². The van der Waals surface area contributed by atoms with Crippen LogP contribution in [-0.4, -0.2) is 11.0 Å². The molecule has 78 valence electrons. The van der Waals surface area contributed by atoms with Crippen molar-refractivity contribution < 1.29 is 0 Å². The van der Waals surface area contributed by atoms with E-state index in [9.17, 15) is 0 Å². The fourth-order valence-corrected chi connectivity index (χ4v) is 2.88. The predicted molar refractivity (Wildman–Crippen MR) is 60.5 cm³/mol. The van der Waals surface area contributed by atoms with Crippen molar-refractivity contribution in [1.82, 2.24) is 10.3 Å². The average molecular weight is 210 g/mol. The summed E-state index contributed by atoms with van der Waals surface area (Å²) in [6.45, 7) is 4.55. The molecule has 0 saturated heterocycles. The van der Waals surface area contributed by atoms with E-state index < -0.39 is 0 Å². The Kier molecular flexibility index (Phi) is 3.19. The number of aromatic nitrogens is 1. The summed E-state index contributed by atoms with van der Waals surface area (Å²) in [6.07, 6.45) is 4.08. The van der Waals surface area contributed by atoms with E-state index in [-0.39, 0.29) is 0 Å². The lowest BCUT2D eigenvalue weighted by Gasteiger charge is -2.21. The highest BCUT2D eigenvalue weighted by Gasteiger charge is 2.24. The van der Waals surface area contributed by atoms with Crippen LogP contribution in [0.3, 0.4) is 0 Å². The van der Waals surface area contributed by atoms with Crippen LogP contribution in [0.2, 0.25) is 0 Å². The van der Waals surface area contributed by atoms with Crippen molar-refractivity contribution in [3.63, 3.8) is 0 Å². The molecule has 0 amide bonds. The third-order valence-corrected chi connectivity index (χ3v) is 3.83. The second kappa shape index (κ2) is 4.41. The first-order valence-corrected chi connectivity index (χ1v) is 6.36. The van der Waals surface area contributed by atoms with E-state index in [0.29, 0.717) is 12.1 Å². The Hall–Kier alpha value is -0.410. The van der Waals surface area contributed by atoms with Crippen molar-refractivity contribution >= 4 is 11.3 Å². The number of hydrogen-bond acceptors (Lipinski definition) is 3. The molecule has 3 atom stereocenters. The van der Waals surface area contributed by atoms with Gasteiger partial charge in [-0.05, 0) is 25.7 Å². The summed E-state index contributed by atoms with van der Waals surface area (Å²) in [5.74, 6) is 0.830. The van der Waals surface area contributed by atoms with Gasteiger partial charge in [0.1, 0.15) is 0 Å². The summed E-state index contributed by atoms with van der Waals surface area (Å²) in [4.78, 5) is 4.34. The van der Waals surface area contributed by atoms with Crippen LogP contribution in [0.4, 0.5) is 0 Å². The Balaban J connectivity index is 1.91. The third kappa shape index (κ3) is 2.15. The van der Waals surface area contributed by atoms with Crippen LogP contribution in [0.5, 0.6) is 0 Å². The summed E-state index contributed by atoms with van der Waals surface area (Å²) in [5, 5.41) is 5.81. The van der Waals surface area contributed by atoms with Crippen molar-refractivity contribution in [1.29, 1.82) is 0 Å². The zero-order valence-electron chi connectivity index (χ0n) is 8.86. The lowest BCUT2D eigenvalue weighted by atomic mass is 10.1. The van der Waals surface area contributed by atoms with Crippen molar-refractivity contribution in [2.45, 2.75) is 45.2 Å². The normalized spacial score (nSPS) is 29.3. The van der Waals surface area contributed by atoms with Gasteiger partial charge < -0.3 is 5.32 Å². The molecule has 1 aliphatic carbocycles. The van der Waals surface area contributed by atoms with Gasteiger partial charge in [0.05, 0.1) is 11.2 Å². The maximum absolute atomic E-state index is 4.34. The van der Waals surface area contributed by atoms with Crippen molar-refractivity contribution in [2.24, 2.45) is 5.92 Å². The predicted octanol–water partition coefficient (Wildman–Crippen LogP) is 2.98. The van der Waals surface area contributed by atoms with Crippen molar-refractivity contribution in [3.8, 4) is 0 Å². The minimum atomic E-state index is 0.409. The van der Waals surface area contributed by atoms with E-state index in [1.54, 1.807) is 11.3 Å². The highest BCUT2D eigenvalue weighted by atomic mass is 32.1. The summed E-state index contributed by atoms with van der Waals surface area (Å²) >= 11 is 1.68. The summed E-state index contributed by atoms with van der Waals surface area (Å²) in [5.41, 5.74) is 3.10. The molecule has 2 rings (SSSR count). The molecule has 0 spiro atoms. The summed E-state index contributed by atoms with van der Waals surface area (Å²) in [7, 11) is 0. The van der Waals surface area contributed by atoms with E-state index in [2.05, 4.69) is 29.5 Å². The van der Waals surface area contributed by atoms with Crippen LogP contribution in [-0.2, 0) is 0 Å². The molecule has 1 N–H and O–H groups in total. The van der Waals surface area contributed by atoms with Gasteiger partial charge in [-0.2, -0.15) is 0 Å². The Morgan fingerprint density at radius 3 is 3.00 bits per heavy atom. The van der Waals surface area contributed by atoms with Crippen LogP contribution in [0, 0.1) is 5.92 Å². The van der Waals surface area contributed by atoms with Crippen LogP contribution in [0.25, 0.3) is 0 Å². The molecule has 3 unspecified atom stereocenters. The van der Waals surface area contributed by atoms with Crippen LogP contribution in [0.15, 0.2) is 10.9 Å². The SMILES string of the molecule is CC(NC1CCCC1C)c1cscn1. The number of hydrogen-bond donors (Lipinski definition) is 1. The quantitative estimate of drug-likeness (QED) is 0.829. The van der Waals surface area contributed by atoms with Gasteiger partial charge in [0, 0.05) is 17.5 Å². The molecule has 3 heteroatoms. The molecule has 1 aromatic heterocycles. The fraction of sp³-hybridized carbons (Fsp3) is 0.727. The van der Waals surface area contributed by atoms with Crippen molar-refractivity contribution in [2.75, 3.05) is 0 Å². The Bertz CT molecular complexity index is 271. The minimum absolute atomic E-state index is 0.409. The number of nitrogens with one attached hydrogen (secondary N) is 1. The molecule has 1 saturated carbocycles. The molecular formula is C11H18N2S. The van der Waals surface area contributed by atoms with Crippen LogP contribution in [0.1, 0.15) is 44.8 Å². The Labute approximate surface area is 89.8 Å². The first-order chi connectivity index (χ1) is 6.77. The van der Waals surface area contributed by atoms with Gasteiger partial charge in [-0.3, -0.25) is 0 Å². The van der Waals surface area contributed by atoms with Crippen LogP contribution >= 0.6 is 11.3 Å². The summed E-state index contributed by atoms with van der Waals surface area (Å²) < 4.78 is 0. The van der Waals surface area contributed by atoms with Gasteiger partial charge in [0.2, 0.25) is 0 Å². The maximum atomic E-state index is 4.34. The highest BCUT2D eigenvalue weighted by molar-refractivity contribution is 7.07. The molecule has 14 heavy (non-hydrogen) atoms. The molecule has 1 aromatic rings. The first kappa shape index (κ1) is 10.1. The molecule has 0 aromatic carbocycles. The minimum Gasteiger partial charge on any atom is -0.306 e. The lowest BCUT2D eigenvalue weighted by Crippen LogP contribution is -2.33. The van der Waals surface area contributed by atoms with E-state index in [4.69, 9.17) is 0 Å². The van der Waals surface area contributed by atoms with Gasteiger partial charge in [0.15, 0.2) is 0 Å². The van der Waals surface area contributed by atoms with Gasteiger partial charge >= 0.3 is 0 Å². The smallest absolute Gasteiger partial charge is 0.0795 e. The van der Waals surface area contributed by atoms with Crippen LogP contribution < -0.4 is 5.32 Å². The van der Waals surface area contributed by atoms with Gasteiger partial charge in [-0.15, -0.1) is 11.3 Å². The number of nitrogens with zero attached hydrogens (tertiary/aromatic N) is 1. The highest BCUT2D eigenvalue weighted by Crippen LogP contribution is 2.27. The van der Waals surface area contributed by atoms with Gasteiger partial charge in [0.25, 0.3) is 0 Å². The van der Waals surface area contributed by atoms with E-state index in [1.165, 1.54) is 25.0 Å². The van der Waals surface area contributed by atoms with Gasteiger partial charge in [-0.25, -0.2) is 4.98 Å². The second-order valence-electron chi connectivity index (χ2n) is 4.32. The lowest BCUT2D eigenvalue weighted by molar-refractivity contribution is 0.385. The molecule has 2 nitrogen and oxygen atoms in total. The number of rotatable bonds is 3. The fourth-order valence-electron chi connectivity index (χ4n) is 2.24. The first-order valence-electron chi connectivity index (χ1n) is 5.41. The van der Waals surface area contributed by atoms with E-state index >= 15 is 0 Å². The molecule has 1 fully saturated rings. The molecule has 1 aliphatic rings. The zero-order chi connectivity index (χ0) is 9.97. The largest absolute Gasteiger partial charge is 0.306 e. The number of thiazole rings is 1. The molecule has 0 bridgehead atoms. The standard InChI is InChI=1S/C11H18N2S/c1-8-4-3-5-10(8)13-9(2)11-6-14-7-12-11/h6-10,13H,3-5H2,1-2H3. The molecule has 0 radical (unpaired) electrons. The third-order valence-electron chi connectivity index (χ3n) is 3.22. The van der Waals surface area contributed by atoms with E-state index in [1.807, 2.05) is 5.51 Å². The maximum Gasteiger partial charge on any atom is 0.0795 e. The topological polar surface area (TPSA) is 24.9 Å². The van der Waals surface area contributed by atoms with E-state index in [0.717, 1.165) is 5.92 Å². The molecular weight excluding hydrogens is 192 g/mol. The second-order valence-corrected chi connectivity index (χ2v) is 5.04. The summed E-state index contributed by atoms with van der Waals surface area (Å²) in [6, 6.07) is 1.11. The molecule has 1 heterocycles. The average Bonchev–Trinajstić information content (AvgIpc) is 2.77. The van der Waals surface area contributed by atoms with Crippen molar-refractivity contribution in [3.05, 3.63) is 16.6 Å². The Morgan fingerprint density at radius 2 is 2.43 bits per heavy atom. The molecule has 0 aliphatic heterocycles. The zero-order valence-corrected chi connectivity index (χ0v) is 9.68. The monoisotopic (exact) mass is 210 g/mol.